The quantitative estimate of drug-likeness (QED) is 0.502. The summed E-state index contributed by atoms with van der Waals surface area (Å²) in [4.78, 5) is 22.2. The van der Waals surface area contributed by atoms with Gasteiger partial charge < -0.3 is 15.2 Å². The summed E-state index contributed by atoms with van der Waals surface area (Å²) in [6.07, 6.45) is -0.302. The van der Waals surface area contributed by atoms with Gasteiger partial charge in [-0.1, -0.05) is 23.7 Å². The highest BCUT2D eigenvalue weighted by molar-refractivity contribution is 6.32. The number of nitrogens with zero attached hydrogens (tertiary/aromatic N) is 3. The van der Waals surface area contributed by atoms with Crippen molar-refractivity contribution in [2.75, 3.05) is 12.8 Å². The number of fused-ring (bicyclic) bond motifs is 2. The average molecular weight is 411 g/mol. The van der Waals surface area contributed by atoms with E-state index in [4.69, 9.17) is 31.8 Å². The molecule has 148 valence electrons. The molecule has 0 unspecified atom stereocenters. The van der Waals surface area contributed by atoms with Gasteiger partial charge in [0.25, 0.3) is 0 Å². The number of halogens is 1. The third-order valence-electron chi connectivity index (χ3n) is 4.44. The summed E-state index contributed by atoms with van der Waals surface area (Å²) < 4.78 is 12.3. The lowest BCUT2D eigenvalue weighted by Crippen LogP contribution is -2.13. The molecule has 0 aliphatic rings. The molecule has 0 bridgehead atoms. The molecule has 0 saturated carbocycles. The lowest BCUT2D eigenvalue weighted by atomic mass is 10.2. The van der Waals surface area contributed by atoms with Crippen LogP contribution in [-0.2, 0) is 4.74 Å². The molecule has 4 rings (SSSR count). The van der Waals surface area contributed by atoms with Crippen molar-refractivity contribution in [3.05, 3.63) is 53.1 Å². The molecule has 0 radical (unpaired) electrons. The second-order valence-electron chi connectivity index (χ2n) is 6.75. The molecule has 2 aromatic heterocycles. The number of anilines is 1. The number of esters is 1. The molecule has 0 fully saturated rings. The highest BCUT2D eigenvalue weighted by atomic mass is 35.5. The van der Waals surface area contributed by atoms with Crippen LogP contribution in [0.5, 0.6) is 5.75 Å². The predicted molar refractivity (Wildman–Crippen MR) is 113 cm³/mol. The van der Waals surface area contributed by atoms with E-state index >= 15 is 0 Å². The van der Waals surface area contributed by atoms with Crippen molar-refractivity contribution in [2.24, 2.45) is 0 Å². The first kappa shape index (κ1) is 19.0. The van der Waals surface area contributed by atoms with E-state index in [9.17, 15) is 4.79 Å². The van der Waals surface area contributed by atoms with Crippen LogP contribution in [0.2, 0.25) is 5.02 Å². The fourth-order valence-corrected chi connectivity index (χ4v) is 3.44. The van der Waals surface area contributed by atoms with Crippen LogP contribution in [0.3, 0.4) is 0 Å². The molecule has 0 aliphatic carbocycles. The molecule has 0 aliphatic heterocycles. The number of aromatic nitrogens is 3. The van der Waals surface area contributed by atoms with Crippen LogP contribution < -0.4 is 10.5 Å². The molecule has 2 heterocycles. The first-order valence-corrected chi connectivity index (χ1v) is 9.40. The first-order valence-electron chi connectivity index (χ1n) is 9.02. The molecule has 2 aromatic carbocycles. The van der Waals surface area contributed by atoms with Gasteiger partial charge in [-0.05, 0) is 44.2 Å². The molecule has 0 atom stereocenters. The summed E-state index contributed by atoms with van der Waals surface area (Å²) in [5.74, 6) is 0.161. The number of nitrogen functional groups attached to an aromatic ring is 1. The molecule has 0 amide bonds. The molecule has 7 nitrogen and oxygen atoms in total. The summed E-state index contributed by atoms with van der Waals surface area (Å²) in [6, 6.07) is 12.6. The van der Waals surface area contributed by atoms with Crippen molar-refractivity contribution in [3.8, 4) is 11.4 Å². The Morgan fingerprint density at radius 1 is 1.14 bits per heavy atom. The minimum atomic E-state index is -0.551. The molecule has 4 aromatic rings. The Balaban J connectivity index is 2.05. The Morgan fingerprint density at radius 3 is 2.45 bits per heavy atom. The van der Waals surface area contributed by atoms with Gasteiger partial charge in [-0.25, -0.2) is 14.8 Å². The van der Waals surface area contributed by atoms with Crippen LogP contribution in [0.1, 0.15) is 24.2 Å². The number of para-hydroxylation sites is 2. The Bertz CT molecular complexity index is 1250. The van der Waals surface area contributed by atoms with Crippen molar-refractivity contribution in [3.63, 3.8) is 0 Å². The van der Waals surface area contributed by atoms with E-state index in [2.05, 4.69) is 4.98 Å². The van der Waals surface area contributed by atoms with Crippen molar-refractivity contribution in [1.29, 1.82) is 0 Å². The van der Waals surface area contributed by atoms with Gasteiger partial charge >= 0.3 is 5.97 Å². The molecule has 0 spiro atoms. The smallest absolute Gasteiger partial charge is 0.344 e. The van der Waals surface area contributed by atoms with Crippen molar-refractivity contribution in [1.82, 2.24) is 14.5 Å². The third-order valence-corrected chi connectivity index (χ3v) is 4.73. The van der Waals surface area contributed by atoms with E-state index in [0.29, 0.717) is 38.7 Å². The number of methoxy groups -OCH3 is 1. The topological polar surface area (TPSA) is 92.3 Å². The number of carbonyl (C=O) groups is 1. The number of hydrogen-bond acceptors (Lipinski definition) is 6. The fourth-order valence-electron chi connectivity index (χ4n) is 3.19. The van der Waals surface area contributed by atoms with Crippen LogP contribution in [-0.4, -0.2) is 33.7 Å². The highest BCUT2D eigenvalue weighted by Crippen LogP contribution is 2.34. The summed E-state index contributed by atoms with van der Waals surface area (Å²) in [5, 5.41) is 0.409. The van der Waals surface area contributed by atoms with Crippen LogP contribution in [0, 0.1) is 0 Å². The van der Waals surface area contributed by atoms with Gasteiger partial charge in [0, 0.05) is 0 Å². The maximum atomic E-state index is 12.8. The van der Waals surface area contributed by atoms with E-state index in [1.54, 1.807) is 36.6 Å². The van der Waals surface area contributed by atoms with Gasteiger partial charge in [-0.2, -0.15) is 0 Å². The van der Waals surface area contributed by atoms with Gasteiger partial charge in [-0.15, -0.1) is 0 Å². The van der Waals surface area contributed by atoms with Gasteiger partial charge in [0.1, 0.15) is 22.6 Å². The highest BCUT2D eigenvalue weighted by Gasteiger charge is 2.26. The van der Waals surface area contributed by atoms with Crippen LogP contribution in [0.15, 0.2) is 42.5 Å². The molecule has 0 saturated heterocycles. The minimum Gasteiger partial charge on any atom is -0.495 e. The van der Waals surface area contributed by atoms with Crippen molar-refractivity contribution >= 4 is 45.6 Å². The summed E-state index contributed by atoms with van der Waals surface area (Å²) in [7, 11) is 1.54. The van der Waals surface area contributed by atoms with Crippen molar-refractivity contribution < 1.29 is 14.3 Å². The number of carbonyl (C=O) groups excluding carboxylic acids is 1. The first-order chi connectivity index (χ1) is 13.9. The SMILES string of the molecule is COc1ccc(-n2c(N)c(C(=O)OC(C)C)c3nc4ccccc4nc32)cc1Cl. The summed E-state index contributed by atoms with van der Waals surface area (Å²) in [5.41, 5.74) is 9.38. The van der Waals surface area contributed by atoms with Crippen molar-refractivity contribution in [2.45, 2.75) is 20.0 Å². The van der Waals surface area contributed by atoms with E-state index in [-0.39, 0.29) is 17.5 Å². The van der Waals surface area contributed by atoms with E-state index in [1.807, 2.05) is 24.3 Å². The Labute approximate surface area is 172 Å². The minimum absolute atomic E-state index is 0.180. The number of rotatable bonds is 4. The second-order valence-corrected chi connectivity index (χ2v) is 7.16. The normalized spacial score (nSPS) is 11.3. The van der Waals surface area contributed by atoms with Gasteiger partial charge in [0.15, 0.2) is 5.65 Å². The number of nitrogens with two attached hydrogens (primary N) is 1. The summed E-state index contributed by atoms with van der Waals surface area (Å²) in [6.45, 7) is 3.55. The zero-order valence-electron chi connectivity index (χ0n) is 16.1. The second kappa shape index (κ2) is 7.25. The lowest BCUT2D eigenvalue weighted by Gasteiger charge is -2.11. The molecule has 8 heteroatoms. The van der Waals surface area contributed by atoms with E-state index in [1.165, 1.54) is 7.11 Å². The molecular formula is C21H19ClN4O3. The van der Waals surface area contributed by atoms with Gasteiger partial charge in [-0.3, -0.25) is 4.57 Å². The monoisotopic (exact) mass is 410 g/mol. The standard InChI is InChI=1S/C21H19ClN4O3/c1-11(2)29-21(27)17-18-20(25-15-7-5-4-6-14(15)24-18)26(19(17)23)12-8-9-16(28-3)13(22)10-12/h4-11H,23H2,1-3H3. The van der Waals surface area contributed by atoms with Crippen LogP contribution in [0.4, 0.5) is 5.82 Å². The van der Waals surface area contributed by atoms with Gasteiger partial charge in [0.05, 0.1) is 35.0 Å². The maximum absolute atomic E-state index is 12.8. The Hall–Kier alpha value is -3.32. The van der Waals surface area contributed by atoms with E-state index < -0.39 is 5.97 Å². The van der Waals surface area contributed by atoms with E-state index in [0.717, 1.165) is 0 Å². The summed E-state index contributed by atoms with van der Waals surface area (Å²) >= 11 is 6.31. The zero-order valence-corrected chi connectivity index (χ0v) is 16.9. The largest absolute Gasteiger partial charge is 0.495 e. The molecule has 29 heavy (non-hydrogen) atoms. The molecule has 2 N–H and O–H groups in total. The third kappa shape index (κ3) is 3.23. The van der Waals surface area contributed by atoms with Gasteiger partial charge in [0.2, 0.25) is 0 Å². The zero-order chi connectivity index (χ0) is 20.7. The van der Waals surface area contributed by atoms with Crippen LogP contribution >= 0.6 is 11.6 Å². The molecular weight excluding hydrogens is 392 g/mol. The number of ether oxygens (including phenoxy) is 2. The predicted octanol–water partition coefficient (Wildman–Crippen LogP) is 4.38. The Morgan fingerprint density at radius 2 is 1.83 bits per heavy atom. The fraction of sp³-hybridized carbons (Fsp3) is 0.190. The average Bonchev–Trinajstić information content (AvgIpc) is 2.96. The van der Waals surface area contributed by atoms with Crippen LogP contribution in [0.25, 0.3) is 27.9 Å². The maximum Gasteiger partial charge on any atom is 0.344 e. The lowest BCUT2D eigenvalue weighted by molar-refractivity contribution is 0.0381. The number of benzene rings is 2. The number of hydrogen-bond donors (Lipinski definition) is 1. The Kier molecular flexibility index (Phi) is 4.76.